The molecule has 1 atom stereocenters. The van der Waals surface area contributed by atoms with Gasteiger partial charge in [0.1, 0.15) is 5.75 Å². The molecule has 1 heterocycles. The van der Waals surface area contributed by atoms with Gasteiger partial charge in [-0.15, -0.1) is 0 Å². The van der Waals surface area contributed by atoms with E-state index in [0.29, 0.717) is 31.1 Å². The van der Waals surface area contributed by atoms with E-state index in [4.69, 9.17) is 4.74 Å². The van der Waals surface area contributed by atoms with Crippen molar-refractivity contribution in [2.45, 2.75) is 33.2 Å². The molecule has 1 aliphatic rings. The van der Waals surface area contributed by atoms with Gasteiger partial charge in [0.05, 0.1) is 18.1 Å². The highest BCUT2D eigenvalue weighted by Gasteiger charge is 2.34. The highest BCUT2D eigenvalue weighted by molar-refractivity contribution is 7.91. The second kappa shape index (κ2) is 7.34. The fourth-order valence-corrected chi connectivity index (χ4v) is 4.44. The maximum atomic E-state index is 12.6. The molecular formula is C17H25NO4S. The Hall–Kier alpha value is -1.56. The number of carbonyl (C=O) groups is 1. The molecule has 1 fully saturated rings. The van der Waals surface area contributed by atoms with Crippen LogP contribution in [0, 0.1) is 5.92 Å². The number of sulfone groups is 1. The molecule has 0 radical (unpaired) electrons. The smallest absolute Gasteiger partial charge is 0.254 e. The second-order valence-corrected chi connectivity index (χ2v) is 8.61. The first-order valence-corrected chi connectivity index (χ1v) is 9.88. The third-order valence-electron chi connectivity index (χ3n) is 3.94. The molecule has 0 bridgehead atoms. The van der Waals surface area contributed by atoms with E-state index in [1.165, 1.54) is 0 Å². The van der Waals surface area contributed by atoms with Crippen LogP contribution in [0.5, 0.6) is 5.75 Å². The molecule has 128 valence electrons. The molecule has 0 aromatic heterocycles. The van der Waals surface area contributed by atoms with Crippen LogP contribution in [-0.2, 0) is 9.84 Å². The van der Waals surface area contributed by atoms with E-state index < -0.39 is 9.84 Å². The summed E-state index contributed by atoms with van der Waals surface area (Å²) in [5.74, 6) is 1.30. The van der Waals surface area contributed by atoms with Crippen LogP contribution in [0.3, 0.4) is 0 Å². The van der Waals surface area contributed by atoms with Crippen molar-refractivity contribution in [1.29, 1.82) is 0 Å². The number of amides is 1. The van der Waals surface area contributed by atoms with E-state index in [9.17, 15) is 13.2 Å². The Morgan fingerprint density at radius 1 is 1.30 bits per heavy atom. The highest BCUT2D eigenvalue weighted by atomic mass is 32.2. The van der Waals surface area contributed by atoms with E-state index in [1.807, 2.05) is 6.92 Å². The van der Waals surface area contributed by atoms with Crippen molar-refractivity contribution >= 4 is 15.7 Å². The zero-order valence-corrected chi connectivity index (χ0v) is 14.8. The predicted molar refractivity (Wildman–Crippen MR) is 90.5 cm³/mol. The first-order valence-electron chi connectivity index (χ1n) is 8.06. The number of rotatable bonds is 6. The molecule has 0 saturated carbocycles. The van der Waals surface area contributed by atoms with Gasteiger partial charge in [0, 0.05) is 18.2 Å². The first-order chi connectivity index (χ1) is 10.8. The molecule has 0 aliphatic carbocycles. The Labute approximate surface area is 138 Å². The summed E-state index contributed by atoms with van der Waals surface area (Å²) in [4.78, 5) is 14.3. The number of nitrogens with zero attached hydrogens (tertiary/aromatic N) is 1. The molecule has 1 unspecified atom stereocenters. The number of hydrogen-bond donors (Lipinski definition) is 0. The third-order valence-corrected chi connectivity index (χ3v) is 5.69. The molecule has 5 nitrogen and oxygen atoms in total. The number of ether oxygens (including phenoxy) is 1. The summed E-state index contributed by atoms with van der Waals surface area (Å²) in [7, 11) is -3.00. The zero-order valence-electron chi connectivity index (χ0n) is 14.0. The molecule has 1 amide bonds. The van der Waals surface area contributed by atoms with Crippen molar-refractivity contribution in [2.24, 2.45) is 5.92 Å². The van der Waals surface area contributed by atoms with Gasteiger partial charge in [-0.1, -0.05) is 13.8 Å². The molecule has 1 aromatic rings. The molecular weight excluding hydrogens is 314 g/mol. The van der Waals surface area contributed by atoms with Gasteiger partial charge in [-0.2, -0.15) is 0 Å². The summed E-state index contributed by atoms with van der Waals surface area (Å²) in [5, 5.41) is 0. The average molecular weight is 339 g/mol. The summed E-state index contributed by atoms with van der Waals surface area (Å²) in [5.41, 5.74) is 0.563. The average Bonchev–Trinajstić information content (AvgIpc) is 2.86. The van der Waals surface area contributed by atoms with E-state index in [1.54, 1.807) is 29.2 Å². The van der Waals surface area contributed by atoms with Gasteiger partial charge in [-0.25, -0.2) is 8.42 Å². The van der Waals surface area contributed by atoms with Crippen LogP contribution >= 0.6 is 0 Å². The monoisotopic (exact) mass is 339 g/mol. The maximum absolute atomic E-state index is 12.6. The molecule has 1 aliphatic heterocycles. The van der Waals surface area contributed by atoms with E-state index in [0.717, 1.165) is 5.75 Å². The Morgan fingerprint density at radius 3 is 2.43 bits per heavy atom. The Bertz CT molecular complexity index is 637. The standard InChI is InChI=1S/C17H25NO4S/c1-4-18(15-9-10-23(20,21)12-15)17(19)14-5-7-16(8-6-14)22-11-13(2)3/h5-8,13,15H,4,9-12H2,1-3H3. The summed E-state index contributed by atoms with van der Waals surface area (Å²) in [6, 6.07) is 6.84. The molecule has 23 heavy (non-hydrogen) atoms. The molecule has 1 saturated heterocycles. The molecule has 6 heteroatoms. The van der Waals surface area contributed by atoms with Gasteiger partial charge in [-0.3, -0.25) is 4.79 Å². The highest BCUT2D eigenvalue weighted by Crippen LogP contribution is 2.21. The Morgan fingerprint density at radius 2 is 1.96 bits per heavy atom. The first kappa shape index (κ1) is 17.8. The maximum Gasteiger partial charge on any atom is 0.254 e. The van der Waals surface area contributed by atoms with Crippen LogP contribution in [0.2, 0.25) is 0 Å². The lowest BCUT2D eigenvalue weighted by molar-refractivity contribution is 0.0708. The topological polar surface area (TPSA) is 63.7 Å². The number of carbonyl (C=O) groups excluding carboxylic acids is 1. The quantitative estimate of drug-likeness (QED) is 0.798. The summed E-state index contributed by atoms with van der Waals surface area (Å²) >= 11 is 0. The fourth-order valence-electron chi connectivity index (χ4n) is 2.71. The lowest BCUT2D eigenvalue weighted by atomic mass is 10.1. The third kappa shape index (κ3) is 4.70. The van der Waals surface area contributed by atoms with Gasteiger partial charge in [0.15, 0.2) is 9.84 Å². The van der Waals surface area contributed by atoms with Crippen LogP contribution in [0.1, 0.15) is 37.6 Å². The summed E-state index contributed by atoms with van der Waals surface area (Å²) in [6.45, 7) is 7.17. The zero-order chi connectivity index (χ0) is 17.0. The van der Waals surface area contributed by atoms with Crippen molar-refractivity contribution in [3.05, 3.63) is 29.8 Å². The van der Waals surface area contributed by atoms with Crippen LogP contribution in [-0.4, -0.2) is 49.9 Å². The second-order valence-electron chi connectivity index (χ2n) is 6.38. The number of benzene rings is 1. The van der Waals surface area contributed by atoms with E-state index in [2.05, 4.69) is 13.8 Å². The lowest BCUT2D eigenvalue weighted by Crippen LogP contribution is -2.40. The van der Waals surface area contributed by atoms with Crippen molar-refractivity contribution in [1.82, 2.24) is 4.90 Å². The molecule has 0 N–H and O–H groups in total. The SMILES string of the molecule is CCN(C(=O)c1ccc(OCC(C)C)cc1)C1CCS(=O)(=O)C1. The number of hydrogen-bond acceptors (Lipinski definition) is 4. The van der Waals surface area contributed by atoms with Gasteiger partial charge in [-0.05, 0) is 43.5 Å². The van der Waals surface area contributed by atoms with Gasteiger partial charge in [0.2, 0.25) is 0 Å². The van der Waals surface area contributed by atoms with Crippen molar-refractivity contribution in [3.63, 3.8) is 0 Å². The Balaban J connectivity index is 2.06. The molecule has 1 aromatic carbocycles. The van der Waals surface area contributed by atoms with Gasteiger partial charge in [0.25, 0.3) is 5.91 Å². The minimum Gasteiger partial charge on any atom is -0.493 e. The van der Waals surface area contributed by atoms with Crippen LogP contribution in [0.15, 0.2) is 24.3 Å². The summed E-state index contributed by atoms with van der Waals surface area (Å²) < 4.78 is 28.9. The summed E-state index contributed by atoms with van der Waals surface area (Å²) in [6.07, 6.45) is 0.525. The van der Waals surface area contributed by atoms with Crippen molar-refractivity contribution in [2.75, 3.05) is 24.7 Å². The lowest BCUT2D eigenvalue weighted by Gasteiger charge is -2.27. The predicted octanol–water partition coefficient (Wildman–Crippen LogP) is 2.37. The van der Waals surface area contributed by atoms with Gasteiger partial charge < -0.3 is 9.64 Å². The fraction of sp³-hybridized carbons (Fsp3) is 0.588. The van der Waals surface area contributed by atoms with Gasteiger partial charge >= 0.3 is 0 Å². The Kier molecular flexibility index (Phi) is 5.68. The minimum atomic E-state index is -3.00. The van der Waals surface area contributed by atoms with Crippen molar-refractivity contribution < 1.29 is 17.9 Å². The largest absolute Gasteiger partial charge is 0.493 e. The van der Waals surface area contributed by atoms with Crippen LogP contribution in [0.25, 0.3) is 0 Å². The molecule has 0 spiro atoms. The van der Waals surface area contributed by atoms with E-state index in [-0.39, 0.29) is 23.5 Å². The van der Waals surface area contributed by atoms with Crippen molar-refractivity contribution in [3.8, 4) is 5.75 Å². The minimum absolute atomic E-state index is 0.0716. The van der Waals surface area contributed by atoms with E-state index >= 15 is 0 Å². The van der Waals surface area contributed by atoms with Crippen LogP contribution < -0.4 is 4.74 Å². The van der Waals surface area contributed by atoms with Crippen LogP contribution in [0.4, 0.5) is 0 Å². The molecule has 2 rings (SSSR count). The normalized spacial score (nSPS) is 19.7.